The van der Waals surface area contributed by atoms with Crippen molar-refractivity contribution < 1.29 is 13.2 Å². The molecule has 0 aliphatic heterocycles. The molecule has 8 heteroatoms. The molecule has 1 aromatic heterocycles. The molecule has 0 fully saturated rings. The number of nitrogens with one attached hydrogen (secondary N) is 2. The first-order valence-electron chi connectivity index (χ1n) is 9.22. The van der Waals surface area contributed by atoms with Crippen LogP contribution in [0.15, 0.2) is 64.9 Å². The van der Waals surface area contributed by atoms with Crippen molar-refractivity contribution in [3.05, 3.63) is 76.8 Å². The third kappa shape index (κ3) is 5.88. The van der Waals surface area contributed by atoms with E-state index < -0.39 is 10.0 Å². The summed E-state index contributed by atoms with van der Waals surface area (Å²) in [6, 6.07) is 16.3. The van der Waals surface area contributed by atoms with Gasteiger partial charge in [0, 0.05) is 11.8 Å². The number of hydrogen-bond acceptors (Lipinski definition) is 5. The SMILES string of the molecule is Cc1ccc(S(=O)(=O)Nc2nc(CCC(=O)NC(C)c3ccccc3)cs2)cc1. The van der Waals surface area contributed by atoms with Crippen LogP contribution in [0.4, 0.5) is 5.13 Å². The highest BCUT2D eigenvalue weighted by molar-refractivity contribution is 7.93. The van der Waals surface area contributed by atoms with Crippen LogP contribution < -0.4 is 10.0 Å². The van der Waals surface area contributed by atoms with E-state index in [0.717, 1.165) is 11.1 Å². The van der Waals surface area contributed by atoms with Gasteiger partial charge in [-0.25, -0.2) is 13.4 Å². The van der Waals surface area contributed by atoms with Gasteiger partial charge in [-0.1, -0.05) is 48.0 Å². The topological polar surface area (TPSA) is 88.2 Å². The van der Waals surface area contributed by atoms with Gasteiger partial charge in [0.2, 0.25) is 5.91 Å². The largest absolute Gasteiger partial charge is 0.350 e. The lowest BCUT2D eigenvalue weighted by molar-refractivity contribution is -0.121. The highest BCUT2D eigenvalue weighted by Gasteiger charge is 2.16. The zero-order valence-corrected chi connectivity index (χ0v) is 17.9. The number of amides is 1. The molecule has 29 heavy (non-hydrogen) atoms. The number of thiazole rings is 1. The van der Waals surface area contributed by atoms with Gasteiger partial charge in [0.15, 0.2) is 5.13 Å². The molecule has 2 aromatic carbocycles. The Kier molecular flexibility index (Phi) is 6.66. The number of nitrogens with zero attached hydrogens (tertiary/aromatic N) is 1. The molecule has 0 saturated heterocycles. The van der Waals surface area contributed by atoms with Crippen LogP contribution in [0.2, 0.25) is 0 Å². The van der Waals surface area contributed by atoms with Crippen molar-refractivity contribution in [2.45, 2.75) is 37.6 Å². The van der Waals surface area contributed by atoms with Crippen LogP contribution in [0.5, 0.6) is 0 Å². The van der Waals surface area contributed by atoms with Crippen LogP contribution in [0.3, 0.4) is 0 Å². The smallest absolute Gasteiger partial charge is 0.263 e. The average molecular weight is 430 g/mol. The monoisotopic (exact) mass is 429 g/mol. The summed E-state index contributed by atoms with van der Waals surface area (Å²) in [5.41, 5.74) is 2.71. The molecule has 0 radical (unpaired) electrons. The molecule has 152 valence electrons. The van der Waals surface area contributed by atoms with E-state index in [0.29, 0.717) is 17.2 Å². The van der Waals surface area contributed by atoms with Crippen molar-refractivity contribution >= 4 is 32.4 Å². The predicted octanol–water partition coefficient (Wildman–Crippen LogP) is 4.06. The molecule has 1 heterocycles. The molecule has 6 nitrogen and oxygen atoms in total. The fraction of sp³-hybridized carbons (Fsp3) is 0.238. The molecular weight excluding hydrogens is 406 g/mol. The molecule has 0 saturated carbocycles. The number of carbonyl (C=O) groups is 1. The quantitative estimate of drug-likeness (QED) is 0.565. The minimum atomic E-state index is -3.68. The highest BCUT2D eigenvalue weighted by atomic mass is 32.2. The van der Waals surface area contributed by atoms with E-state index in [1.807, 2.05) is 44.2 Å². The summed E-state index contributed by atoms with van der Waals surface area (Å²) in [6.07, 6.45) is 0.723. The van der Waals surface area contributed by atoms with Crippen molar-refractivity contribution in [1.29, 1.82) is 0 Å². The van der Waals surface area contributed by atoms with Gasteiger partial charge in [-0.3, -0.25) is 9.52 Å². The number of benzene rings is 2. The Bertz CT molecular complexity index is 1060. The van der Waals surface area contributed by atoms with Gasteiger partial charge < -0.3 is 5.32 Å². The highest BCUT2D eigenvalue weighted by Crippen LogP contribution is 2.21. The Morgan fingerprint density at radius 3 is 2.48 bits per heavy atom. The van der Waals surface area contributed by atoms with Crippen molar-refractivity contribution in [3.63, 3.8) is 0 Å². The predicted molar refractivity (Wildman–Crippen MR) is 115 cm³/mol. The maximum atomic E-state index is 12.4. The molecule has 0 bridgehead atoms. The van der Waals surface area contributed by atoms with Crippen LogP contribution in [-0.4, -0.2) is 19.3 Å². The standard InChI is InChI=1S/C21H23N3O3S2/c1-15-8-11-19(12-9-15)29(26,27)24-21-23-18(14-28-21)10-13-20(25)22-16(2)17-6-4-3-5-7-17/h3-9,11-12,14,16H,10,13H2,1-2H3,(H,22,25)(H,23,24). The zero-order valence-electron chi connectivity index (χ0n) is 16.3. The fourth-order valence-electron chi connectivity index (χ4n) is 2.74. The Morgan fingerprint density at radius 2 is 1.79 bits per heavy atom. The number of rotatable bonds is 8. The lowest BCUT2D eigenvalue weighted by Gasteiger charge is -2.13. The summed E-state index contributed by atoms with van der Waals surface area (Å²) in [7, 11) is -3.68. The van der Waals surface area contributed by atoms with Crippen LogP contribution >= 0.6 is 11.3 Å². The van der Waals surface area contributed by atoms with Crippen molar-refractivity contribution in [2.75, 3.05) is 4.72 Å². The number of aromatic nitrogens is 1. The second-order valence-corrected chi connectivity index (χ2v) is 9.30. The molecule has 1 unspecified atom stereocenters. The van der Waals surface area contributed by atoms with Crippen LogP contribution in [0.25, 0.3) is 0 Å². The van der Waals surface area contributed by atoms with E-state index >= 15 is 0 Å². The Hall–Kier alpha value is -2.71. The van der Waals surface area contributed by atoms with Crippen molar-refractivity contribution in [1.82, 2.24) is 10.3 Å². The fourth-order valence-corrected chi connectivity index (χ4v) is 4.74. The van der Waals surface area contributed by atoms with Gasteiger partial charge in [0.1, 0.15) is 0 Å². The zero-order chi connectivity index (χ0) is 20.9. The second-order valence-electron chi connectivity index (χ2n) is 6.76. The summed E-state index contributed by atoms with van der Waals surface area (Å²) in [6.45, 7) is 3.84. The number of hydrogen-bond donors (Lipinski definition) is 2. The molecule has 1 atom stereocenters. The van der Waals surface area contributed by atoms with E-state index in [1.54, 1.807) is 29.6 Å². The van der Waals surface area contributed by atoms with Gasteiger partial charge in [-0.2, -0.15) is 0 Å². The normalized spacial score (nSPS) is 12.3. The maximum Gasteiger partial charge on any atom is 0.263 e. The third-order valence-electron chi connectivity index (χ3n) is 4.39. The molecule has 0 aliphatic carbocycles. The van der Waals surface area contributed by atoms with Crippen molar-refractivity contribution in [2.24, 2.45) is 0 Å². The van der Waals surface area contributed by atoms with E-state index in [1.165, 1.54) is 11.3 Å². The third-order valence-corrected chi connectivity index (χ3v) is 6.68. The summed E-state index contributed by atoms with van der Waals surface area (Å²) in [4.78, 5) is 16.7. The lowest BCUT2D eigenvalue weighted by Crippen LogP contribution is -2.26. The summed E-state index contributed by atoms with van der Waals surface area (Å²) >= 11 is 1.20. The number of aryl methyl sites for hydroxylation is 2. The number of anilines is 1. The first kappa shape index (κ1) is 21.0. The second kappa shape index (κ2) is 9.19. The summed E-state index contributed by atoms with van der Waals surface area (Å²) in [5, 5.41) is 5.02. The molecular formula is C21H23N3O3S2. The van der Waals surface area contributed by atoms with Crippen LogP contribution in [0, 0.1) is 6.92 Å². The summed E-state index contributed by atoms with van der Waals surface area (Å²) in [5.74, 6) is -0.0730. The molecule has 3 aromatic rings. The van der Waals surface area contributed by atoms with Crippen LogP contribution in [0.1, 0.15) is 36.2 Å². The van der Waals surface area contributed by atoms with Crippen molar-refractivity contribution in [3.8, 4) is 0 Å². The maximum absolute atomic E-state index is 12.4. The molecule has 2 N–H and O–H groups in total. The van der Waals surface area contributed by atoms with Gasteiger partial charge in [0.05, 0.1) is 16.6 Å². The number of carbonyl (C=O) groups excluding carboxylic acids is 1. The first-order chi connectivity index (χ1) is 13.8. The minimum Gasteiger partial charge on any atom is -0.350 e. The Balaban J connectivity index is 1.53. The lowest BCUT2D eigenvalue weighted by atomic mass is 10.1. The first-order valence-corrected chi connectivity index (χ1v) is 11.6. The average Bonchev–Trinajstić information content (AvgIpc) is 3.14. The van der Waals surface area contributed by atoms with Crippen LogP contribution in [-0.2, 0) is 21.2 Å². The Morgan fingerprint density at radius 1 is 1.10 bits per heavy atom. The van der Waals surface area contributed by atoms with E-state index in [9.17, 15) is 13.2 Å². The van der Waals surface area contributed by atoms with E-state index in [-0.39, 0.29) is 23.3 Å². The number of sulfonamides is 1. The molecule has 0 spiro atoms. The van der Waals surface area contributed by atoms with Gasteiger partial charge in [-0.05, 0) is 38.0 Å². The van der Waals surface area contributed by atoms with Gasteiger partial charge in [0.25, 0.3) is 10.0 Å². The molecule has 1 amide bonds. The van der Waals surface area contributed by atoms with E-state index in [4.69, 9.17) is 0 Å². The van der Waals surface area contributed by atoms with Gasteiger partial charge >= 0.3 is 0 Å². The van der Waals surface area contributed by atoms with Gasteiger partial charge in [-0.15, -0.1) is 11.3 Å². The van der Waals surface area contributed by atoms with E-state index in [2.05, 4.69) is 15.0 Å². The summed E-state index contributed by atoms with van der Waals surface area (Å²) < 4.78 is 27.4. The Labute approximate surface area is 175 Å². The minimum absolute atomic E-state index is 0.0730. The molecule has 0 aliphatic rings. The molecule has 3 rings (SSSR count).